The zero-order valence-corrected chi connectivity index (χ0v) is 14.2. The third-order valence-electron chi connectivity index (χ3n) is 2.15. The maximum Gasteiger partial charge on any atom is 0.260 e. The molecule has 0 aliphatic carbocycles. The Balaban J connectivity index is 2.60. The first-order valence-electron chi connectivity index (χ1n) is 5.89. The molecule has 0 aliphatic rings. The Morgan fingerprint density at radius 3 is 2.45 bits per heavy atom. The number of nitrogens with one attached hydrogen (secondary N) is 2. The summed E-state index contributed by atoms with van der Waals surface area (Å²) >= 11 is 3.02. The minimum absolute atomic E-state index is 0.00185. The number of carbonyl (C=O) groups excluding carboxylic acids is 1. The number of rotatable bonds is 5. The summed E-state index contributed by atoms with van der Waals surface area (Å²) in [5, 5.41) is 9.88. The second-order valence-electron chi connectivity index (χ2n) is 5.25. The van der Waals surface area contributed by atoms with Gasteiger partial charge in [-0.15, -0.1) is 5.10 Å². The highest BCUT2D eigenvalue weighted by Gasteiger charge is 2.23. The summed E-state index contributed by atoms with van der Waals surface area (Å²) in [4.78, 5) is 11.6. The lowest BCUT2D eigenvalue weighted by molar-refractivity contribution is -0.122. The van der Waals surface area contributed by atoms with Gasteiger partial charge in [-0.3, -0.25) is 4.79 Å². The molecule has 1 heterocycles. The van der Waals surface area contributed by atoms with Gasteiger partial charge < -0.3 is 5.32 Å². The van der Waals surface area contributed by atoms with Crippen molar-refractivity contribution in [2.75, 3.05) is 6.54 Å². The first-order chi connectivity index (χ1) is 9.03. The monoisotopic (exact) mass is 367 g/mol. The number of carbonyl (C=O) groups is 1. The molecule has 1 aromatic rings. The first-order valence-corrected chi connectivity index (χ1v) is 8.16. The summed E-state index contributed by atoms with van der Waals surface area (Å²) in [6.45, 7) is 5.57. The predicted molar refractivity (Wildman–Crippen MR) is 76.4 cm³/mol. The van der Waals surface area contributed by atoms with Crippen molar-refractivity contribution in [3.63, 3.8) is 0 Å². The van der Waals surface area contributed by atoms with Crippen LogP contribution in [0.25, 0.3) is 0 Å². The van der Waals surface area contributed by atoms with E-state index < -0.39 is 10.0 Å². The van der Waals surface area contributed by atoms with Gasteiger partial charge in [0, 0.05) is 25.6 Å². The number of amides is 1. The van der Waals surface area contributed by atoms with Crippen molar-refractivity contribution >= 4 is 31.9 Å². The number of aromatic nitrogens is 3. The summed E-state index contributed by atoms with van der Waals surface area (Å²) in [6.07, 6.45) is 0.0550. The van der Waals surface area contributed by atoms with E-state index in [9.17, 15) is 13.2 Å². The highest BCUT2D eigenvalue weighted by molar-refractivity contribution is 9.10. The molecule has 0 radical (unpaired) electrons. The number of hydrogen-bond acceptors (Lipinski definition) is 5. The van der Waals surface area contributed by atoms with Gasteiger partial charge in [0.25, 0.3) is 10.0 Å². The molecule has 0 bridgehead atoms. The zero-order chi connectivity index (χ0) is 15.6. The summed E-state index contributed by atoms with van der Waals surface area (Å²) in [5.41, 5.74) is -0.342. The summed E-state index contributed by atoms with van der Waals surface area (Å²) in [7, 11) is -2.29. The lowest BCUT2D eigenvalue weighted by Crippen LogP contribution is -2.42. The molecule has 0 spiro atoms. The Kier molecular flexibility index (Phi) is 5.27. The quantitative estimate of drug-likeness (QED) is 0.770. The van der Waals surface area contributed by atoms with Crippen LogP contribution >= 0.6 is 15.9 Å². The molecule has 114 valence electrons. The number of nitrogens with zero attached hydrogens (tertiary/aromatic N) is 3. The fourth-order valence-electron chi connectivity index (χ4n) is 1.46. The highest BCUT2D eigenvalue weighted by Crippen LogP contribution is 2.17. The van der Waals surface area contributed by atoms with Crippen LogP contribution in [-0.4, -0.2) is 41.4 Å². The molecular formula is C10H18BrN5O3S. The topological polar surface area (TPSA) is 106 Å². The number of sulfonamides is 1. The molecule has 0 aromatic carbocycles. The zero-order valence-electron chi connectivity index (χ0n) is 11.8. The van der Waals surface area contributed by atoms with Crippen LogP contribution in [0.4, 0.5) is 0 Å². The molecule has 0 fully saturated rings. The van der Waals surface area contributed by atoms with Gasteiger partial charge in [0.2, 0.25) is 10.9 Å². The first kappa shape index (κ1) is 17.1. The molecule has 0 atom stereocenters. The SMILES string of the molecule is Cn1nnc(Br)c1S(=O)(=O)NCCC(=O)NC(C)(C)C. The number of hydrogen-bond donors (Lipinski definition) is 2. The van der Waals surface area contributed by atoms with Gasteiger partial charge in [0.15, 0.2) is 4.60 Å². The number of halogens is 1. The lowest BCUT2D eigenvalue weighted by atomic mass is 10.1. The molecule has 2 N–H and O–H groups in total. The maximum atomic E-state index is 12.0. The van der Waals surface area contributed by atoms with E-state index in [1.54, 1.807) is 0 Å². The molecule has 1 aromatic heterocycles. The van der Waals surface area contributed by atoms with Crippen molar-refractivity contribution in [3.8, 4) is 0 Å². The molecule has 10 heteroatoms. The van der Waals surface area contributed by atoms with Crippen molar-refractivity contribution in [1.29, 1.82) is 0 Å². The molecular weight excluding hydrogens is 350 g/mol. The lowest BCUT2D eigenvalue weighted by Gasteiger charge is -2.20. The van der Waals surface area contributed by atoms with E-state index in [1.165, 1.54) is 7.05 Å². The second-order valence-corrected chi connectivity index (χ2v) is 7.69. The van der Waals surface area contributed by atoms with Gasteiger partial charge in [-0.05, 0) is 36.7 Å². The minimum atomic E-state index is -3.76. The molecule has 1 rings (SSSR count). The highest BCUT2D eigenvalue weighted by atomic mass is 79.9. The van der Waals surface area contributed by atoms with Crippen LogP contribution in [0, 0.1) is 0 Å². The van der Waals surface area contributed by atoms with Gasteiger partial charge >= 0.3 is 0 Å². The van der Waals surface area contributed by atoms with E-state index in [-0.39, 0.29) is 34.0 Å². The summed E-state index contributed by atoms with van der Waals surface area (Å²) < 4.78 is 27.7. The van der Waals surface area contributed by atoms with Crippen molar-refractivity contribution in [2.45, 2.75) is 37.8 Å². The van der Waals surface area contributed by atoms with E-state index in [1.807, 2.05) is 20.8 Å². The predicted octanol–water partition coefficient (Wildman–Crippen LogP) is 0.161. The summed E-state index contributed by atoms with van der Waals surface area (Å²) in [6, 6.07) is 0. The van der Waals surface area contributed by atoms with Crippen LogP contribution < -0.4 is 10.0 Å². The second kappa shape index (κ2) is 6.19. The fraction of sp³-hybridized carbons (Fsp3) is 0.700. The van der Waals surface area contributed by atoms with E-state index in [4.69, 9.17) is 0 Å². The van der Waals surface area contributed by atoms with Gasteiger partial charge in [-0.2, -0.15) is 0 Å². The van der Waals surface area contributed by atoms with Crippen molar-refractivity contribution in [1.82, 2.24) is 25.0 Å². The molecule has 0 saturated heterocycles. The molecule has 0 saturated carbocycles. The third-order valence-corrected chi connectivity index (χ3v) is 4.50. The Labute approximate surface area is 126 Å². The van der Waals surface area contributed by atoms with Crippen LogP contribution in [0.3, 0.4) is 0 Å². The van der Waals surface area contributed by atoms with E-state index in [0.29, 0.717) is 0 Å². The smallest absolute Gasteiger partial charge is 0.260 e. The van der Waals surface area contributed by atoms with Crippen LogP contribution in [0.15, 0.2) is 9.63 Å². The molecule has 1 amide bonds. The maximum absolute atomic E-state index is 12.0. The Morgan fingerprint density at radius 2 is 2.00 bits per heavy atom. The van der Waals surface area contributed by atoms with E-state index in [0.717, 1.165) is 4.68 Å². The molecule has 8 nitrogen and oxygen atoms in total. The van der Waals surface area contributed by atoms with Gasteiger partial charge in [0.1, 0.15) is 0 Å². The van der Waals surface area contributed by atoms with Gasteiger partial charge in [-0.25, -0.2) is 17.8 Å². The average Bonchev–Trinajstić information content (AvgIpc) is 2.55. The van der Waals surface area contributed by atoms with Crippen molar-refractivity contribution in [2.24, 2.45) is 7.05 Å². The Hall–Kier alpha value is -1.00. The minimum Gasteiger partial charge on any atom is -0.351 e. The molecule has 0 aliphatic heterocycles. The van der Waals surface area contributed by atoms with E-state index in [2.05, 4.69) is 36.3 Å². The normalized spacial score (nSPS) is 12.4. The molecule has 0 unspecified atom stereocenters. The van der Waals surface area contributed by atoms with Crippen molar-refractivity contribution < 1.29 is 13.2 Å². The third kappa shape index (κ3) is 4.84. The Morgan fingerprint density at radius 1 is 1.40 bits per heavy atom. The average molecular weight is 368 g/mol. The standard InChI is InChI=1S/C10H18BrN5O3S/c1-10(2,3)13-7(17)5-6-12-20(18,19)9-8(11)14-15-16(9)4/h12H,5-6H2,1-4H3,(H,13,17). The van der Waals surface area contributed by atoms with E-state index >= 15 is 0 Å². The van der Waals surface area contributed by atoms with Gasteiger partial charge in [0.05, 0.1) is 0 Å². The van der Waals surface area contributed by atoms with Crippen LogP contribution in [0.2, 0.25) is 0 Å². The summed E-state index contributed by atoms with van der Waals surface area (Å²) in [5.74, 6) is -0.220. The largest absolute Gasteiger partial charge is 0.351 e. The molecule has 20 heavy (non-hydrogen) atoms. The van der Waals surface area contributed by atoms with Crippen LogP contribution in [-0.2, 0) is 21.9 Å². The van der Waals surface area contributed by atoms with Gasteiger partial charge in [-0.1, -0.05) is 5.21 Å². The fourth-order valence-corrected chi connectivity index (χ4v) is 3.58. The van der Waals surface area contributed by atoms with Crippen molar-refractivity contribution in [3.05, 3.63) is 4.60 Å². The Bertz CT molecular complexity index is 571. The number of aryl methyl sites for hydroxylation is 1. The van der Waals surface area contributed by atoms with Crippen LogP contribution in [0.1, 0.15) is 27.2 Å². The van der Waals surface area contributed by atoms with Crippen LogP contribution in [0.5, 0.6) is 0 Å².